The van der Waals surface area contributed by atoms with Crippen LogP contribution in [-0.4, -0.2) is 59.7 Å². The first-order valence-corrected chi connectivity index (χ1v) is 18.5. The molecule has 1 aliphatic heterocycles. The Hall–Kier alpha value is -4.29. The number of methoxy groups -OCH3 is 2. The number of nitrogens with one attached hydrogen (secondary N) is 1. The molecule has 270 valence electrons. The number of carbonyl (C=O) groups excluding carboxylic acids is 3. The molecule has 3 aliphatic rings. The minimum Gasteiger partial charge on any atom is -0.497 e. The molecule has 0 radical (unpaired) electrons. The van der Waals surface area contributed by atoms with E-state index >= 15 is 0 Å². The molecule has 2 bridgehead atoms. The molecule has 3 aromatic rings. The third-order valence-corrected chi connectivity index (χ3v) is 10.8. The summed E-state index contributed by atoms with van der Waals surface area (Å²) in [5.41, 5.74) is 1.42. The average Bonchev–Trinajstić information content (AvgIpc) is 3.89. The zero-order valence-corrected chi connectivity index (χ0v) is 31.2. The third kappa shape index (κ3) is 8.61. The highest BCUT2D eigenvalue weighted by Crippen LogP contribution is 2.49. The number of alkyl carbamates (subject to hydrolysis) is 1. The number of aryl methyl sites for hydroxylation is 1. The molecule has 1 N–H and O–H groups in total. The van der Waals surface area contributed by atoms with Crippen molar-refractivity contribution >= 4 is 52.3 Å². The molecular weight excluding hydrogens is 689 g/mol. The van der Waals surface area contributed by atoms with Crippen LogP contribution >= 0.6 is 24.0 Å². The second kappa shape index (κ2) is 15.5. The van der Waals surface area contributed by atoms with Crippen molar-refractivity contribution in [2.24, 2.45) is 11.8 Å². The Kier molecular flexibility index (Phi) is 11.1. The van der Waals surface area contributed by atoms with Crippen LogP contribution in [0.2, 0.25) is 0 Å². The molecule has 51 heavy (non-hydrogen) atoms. The first-order valence-electron chi connectivity index (χ1n) is 17.3. The van der Waals surface area contributed by atoms with Gasteiger partial charge in [0.15, 0.2) is 6.04 Å². The van der Waals surface area contributed by atoms with Crippen LogP contribution in [0.1, 0.15) is 75.8 Å². The van der Waals surface area contributed by atoms with Gasteiger partial charge in [-0.25, -0.2) is 9.59 Å². The smallest absolute Gasteiger partial charge is 0.408 e. The van der Waals surface area contributed by atoms with Crippen LogP contribution in [0, 0.1) is 11.8 Å². The van der Waals surface area contributed by atoms with Crippen molar-refractivity contribution < 1.29 is 37.7 Å². The number of amides is 2. The van der Waals surface area contributed by atoms with Gasteiger partial charge in [-0.1, -0.05) is 60.7 Å². The van der Waals surface area contributed by atoms with E-state index in [1.165, 1.54) is 24.6 Å². The van der Waals surface area contributed by atoms with Crippen LogP contribution in [0.15, 0.2) is 63.9 Å². The summed E-state index contributed by atoms with van der Waals surface area (Å²) < 4.78 is 29.1. The second-order valence-electron chi connectivity index (χ2n) is 14.2. The number of ether oxygens (including phenoxy) is 4. The van der Waals surface area contributed by atoms with Gasteiger partial charge >= 0.3 is 12.1 Å². The highest BCUT2D eigenvalue weighted by atomic mass is 32.2. The number of esters is 1. The molecule has 4 atom stereocenters. The maximum absolute atomic E-state index is 13.8. The molecule has 2 amide bonds. The summed E-state index contributed by atoms with van der Waals surface area (Å²) in [7, 11) is 3.17. The van der Waals surface area contributed by atoms with Gasteiger partial charge in [-0.15, -0.1) is 0 Å². The number of hydrogen-bond donors (Lipinski definition) is 1. The molecule has 6 rings (SSSR count). The molecule has 0 spiro atoms. The summed E-state index contributed by atoms with van der Waals surface area (Å²) in [6, 6.07) is 15.4. The van der Waals surface area contributed by atoms with Crippen LogP contribution in [0.25, 0.3) is 17.4 Å². The van der Waals surface area contributed by atoms with E-state index in [4.69, 9.17) is 35.6 Å². The van der Waals surface area contributed by atoms with Crippen LogP contribution in [0.3, 0.4) is 0 Å². The van der Waals surface area contributed by atoms with Crippen molar-refractivity contribution in [1.29, 1.82) is 0 Å². The zero-order chi connectivity index (χ0) is 36.3. The lowest BCUT2D eigenvalue weighted by Gasteiger charge is -2.30. The fourth-order valence-corrected chi connectivity index (χ4v) is 8.48. The van der Waals surface area contributed by atoms with Gasteiger partial charge in [0.05, 0.1) is 25.7 Å². The van der Waals surface area contributed by atoms with Gasteiger partial charge in [-0.05, 0) is 94.0 Å². The molecule has 2 heterocycles. The predicted molar refractivity (Wildman–Crippen MR) is 199 cm³/mol. The van der Waals surface area contributed by atoms with Gasteiger partial charge in [0.25, 0.3) is 5.91 Å². The van der Waals surface area contributed by atoms with Crippen LogP contribution < -0.4 is 14.8 Å². The van der Waals surface area contributed by atoms with Gasteiger partial charge in [-0.2, -0.15) is 0 Å². The Morgan fingerprint density at radius 3 is 2.41 bits per heavy atom. The van der Waals surface area contributed by atoms with Crippen molar-refractivity contribution in [3.8, 4) is 22.8 Å². The predicted octanol–water partition coefficient (Wildman–Crippen LogP) is 8.10. The maximum Gasteiger partial charge on any atom is 0.408 e. The summed E-state index contributed by atoms with van der Waals surface area (Å²) in [6.07, 6.45) is 6.56. The summed E-state index contributed by atoms with van der Waals surface area (Å²) in [5.74, 6) is 2.82. The monoisotopic (exact) mass is 732 g/mol. The fraction of sp³-hybridized carbons (Fsp3) is 0.436. The number of benzene rings is 2. The molecule has 2 saturated carbocycles. The SMILES string of the molecule is COc1cc(OC)cc(-c2cc(CCCOC(=O)C(NC(=O)OC(C)(C)C)c3ccccc3)c(C=C3SC(=S)N(C4CC5CCC4C5)C3=O)o2)c1. The molecule has 2 aromatic carbocycles. The standard InChI is InChI=1S/C39H44N2O8S2/c1-39(2,3)49-37(44)40-34(24-10-7-6-8-11-24)36(43)47-15-9-12-26-20-31(27-18-28(45-4)21-29(19-27)46-5)48-32(26)22-33-35(42)41(38(50)51-33)30-17-23-13-14-25(30)16-23/h6-8,10-11,18-23,25,30,34H,9,12-17H2,1-5H3,(H,40,44). The minimum absolute atomic E-state index is 0.0760. The van der Waals surface area contributed by atoms with Crippen LogP contribution in [0.4, 0.5) is 4.79 Å². The Morgan fingerprint density at radius 1 is 1.06 bits per heavy atom. The van der Waals surface area contributed by atoms with E-state index in [0.29, 0.717) is 62.5 Å². The summed E-state index contributed by atoms with van der Waals surface area (Å²) in [6.45, 7) is 5.34. The van der Waals surface area contributed by atoms with Gasteiger partial charge in [0.1, 0.15) is 32.9 Å². The van der Waals surface area contributed by atoms with E-state index in [9.17, 15) is 14.4 Å². The van der Waals surface area contributed by atoms with Gasteiger partial charge in [0.2, 0.25) is 0 Å². The van der Waals surface area contributed by atoms with E-state index in [2.05, 4.69) is 5.32 Å². The maximum atomic E-state index is 13.8. The van der Waals surface area contributed by atoms with Crippen molar-refractivity contribution in [3.05, 3.63) is 76.4 Å². The van der Waals surface area contributed by atoms with Gasteiger partial charge in [-0.3, -0.25) is 9.69 Å². The molecule has 1 aromatic heterocycles. The Bertz CT molecular complexity index is 1790. The zero-order valence-electron chi connectivity index (χ0n) is 29.6. The average molecular weight is 733 g/mol. The molecule has 2 aliphatic carbocycles. The number of carbonyl (C=O) groups is 3. The van der Waals surface area contributed by atoms with E-state index in [1.807, 2.05) is 29.2 Å². The van der Waals surface area contributed by atoms with E-state index in [-0.39, 0.29) is 18.6 Å². The van der Waals surface area contributed by atoms with Crippen LogP contribution in [0.5, 0.6) is 11.5 Å². The van der Waals surface area contributed by atoms with Gasteiger partial charge in [0, 0.05) is 23.7 Å². The third-order valence-electron chi connectivity index (χ3n) is 9.46. The number of thiocarbonyl (C=S) groups is 1. The number of hydrogen-bond acceptors (Lipinski definition) is 10. The largest absolute Gasteiger partial charge is 0.497 e. The lowest BCUT2D eigenvalue weighted by atomic mass is 9.94. The van der Waals surface area contributed by atoms with Crippen molar-refractivity contribution in [1.82, 2.24) is 10.2 Å². The minimum atomic E-state index is -1.04. The normalized spacial score (nSPS) is 21.2. The summed E-state index contributed by atoms with van der Waals surface area (Å²) in [4.78, 5) is 42.1. The van der Waals surface area contributed by atoms with Crippen LogP contribution in [-0.2, 0) is 25.5 Å². The molecule has 10 nitrogen and oxygen atoms in total. The molecular formula is C39H44N2O8S2. The molecule has 1 saturated heterocycles. The number of rotatable bonds is 12. The number of fused-ring (bicyclic) bond motifs is 2. The molecule has 3 fully saturated rings. The van der Waals surface area contributed by atoms with E-state index < -0.39 is 23.7 Å². The van der Waals surface area contributed by atoms with Crippen molar-refractivity contribution in [2.45, 2.75) is 77.0 Å². The van der Waals surface area contributed by atoms with Crippen molar-refractivity contribution in [2.75, 3.05) is 20.8 Å². The lowest BCUT2D eigenvalue weighted by Crippen LogP contribution is -2.41. The lowest BCUT2D eigenvalue weighted by molar-refractivity contribution is -0.146. The topological polar surface area (TPSA) is 117 Å². The first kappa shape index (κ1) is 36.5. The number of thioether (sulfide) groups is 1. The Labute approximate surface area is 308 Å². The second-order valence-corrected chi connectivity index (χ2v) is 15.8. The summed E-state index contributed by atoms with van der Waals surface area (Å²) in [5, 5.41) is 2.65. The first-order chi connectivity index (χ1) is 24.4. The Balaban J connectivity index is 1.20. The van der Waals surface area contributed by atoms with Crippen molar-refractivity contribution in [3.63, 3.8) is 0 Å². The highest BCUT2D eigenvalue weighted by molar-refractivity contribution is 8.26. The summed E-state index contributed by atoms with van der Waals surface area (Å²) >= 11 is 7.05. The highest BCUT2D eigenvalue weighted by Gasteiger charge is 2.48. The molecule has 12 heteroatoms. The van der Waals surface area contributed by atoms with E-state index in [0.717, 1.165) is 24.0 Å². The van der Waals surface area contributed by atoms with E-state index in [1.54, 1.807) is 71.4 Å². The Morgan fingerprint density at radius 2 is 1.78 bits per heavy atom. The number of furan rings is 1. The number of nitrogens with zero attached hydrogens (tertiary/aromatic N) is 1. The van der Waals surface area contributed by atoms with Gasteiger partial charge < -0.3 is 28.7 Å². The fourth-order valence-electron chi connectivity index (χ4n) is 7.13. The molecule has 4 unspecified atom stereocenters. The quantitative estimate of drug-likeness (QED) is 0.0848.